The first-order chi connectivity index (χ1) is 11.3. The van der Waals surface area contributed by atoms with Crippen molar-refractivity contribution in [2.75, 3.05) is 19.8 Å². The van der Waals surface area contributed by atoms with Gasteiger partial charge in [-0.15, -0.1) is 0 Å². The fraction of sp³-hybridized carbons (Fsp3) is 0.400. The molecule has 2 rings (SSSR count). The van der Waals surface area contributed by atoms with E-state index in [0.29, 0.717) is 19.8 Å². The van der Waals surface area contributed by atoms with Crippen LogP contribution in [-0.4, -0.2) is 26.0 Å². The van der Waals surface area contributed by atoms with E-state index in [2.05, 4.69) is 59.9 Å². The van der Waals surface area contributed by atoms with Gasteiger partial charge in [0.2, 0.25) is 0 Å². The van der Waals surface area contributed by atoms with E-state index in [9.17, 15) is 0 Å². The summed E-state index contributed by atoms with van der Waals surface area (Å²) in [5, 5.41) is 3.60. The monoisotopic (exact) mass is 313 g/mol. The fourth-order valence-electron chi connectivity index (χ4n) is 2.62. The molecule has 3 heteroatoms. The zero-order chi connectivity index (χ0) is 16.3. The molecule has 0 radical (unpaired) electrons. The van der Waals surface area contributed by atoms with Crippen LogP contribution in [0.5, 0.6) is 0 Å². The predicted molar refractivity (Wildman–Crippen MR) is 94.4 cm³/mol. The van der Waals surface area contributed by atoms with Crippen molar-refractivity contribution in [2.24, 2.45) is 0 Å². The van der Waals surface area contributed by atoms with E-state index < -0.39 is 0 Å². The fourth-order valence-corrected chi connectivity index (χ4v) is 2.62. The molecule has 1 unspecified atom stereocenters. The van der Waals surface area contributed by atoms with Crippen LogP contribution in [0.25, 0.3) is 0 Å². The molecule has 3 nitrogen and oxygen atoms in total. The molecule has 2 aromatic rings. The van der Waals surface area contributed by atoms with Gasteiger partial charge in [-0.25, -0.2) is 0 Å². The van der Waals surface area contributed by atoms with Crippen LogP contribution < -0.4 is 5.32 Å². The standard InChI is InChI=1S/C20H27NO2/c1-3-22-20(23-4-2)16-21-19(18-13-9-6-10-14-18)15-17-11-7-5-8-12-17/h5-14,19-21H,3-4,15-16H2,1-2H3. The summed E-state index contributed by atoms with van der Waals surface area (Å²) in [6, 6.07) is 21.3. The number of hydrogen-bond acceptors (Lipinski definition) is 3. The third-order valence-electron chi connectivity index (χ3n) is 3.72. The summed E-state index contributed by atoms with van der Waals surface area (Å²) in [5.74, 6) is 0. The second-order valence-electron chi connectivity index (χ2n) is 5.40. The minimum atomic E-state index is -0.202. The average Bonchev–Trinajstić information content (AvgIpc) is 2.60. The lowest BCUT2D eigenvalue weighted by atomic mass is 9.99. The van der Waals surface area contributed by atoms with Gasteiger partial charge in [0.05, 0.1) is 0 Å². The molecule has 0 fully saturated rings. The SMILES string of the molecule is CCOC(CNC(Cc1ccccc1)c1ccccc1)OCC. The van der Waals surface area contributed by atoms with Crippen molar-refractivity contribution in [1.82, 2.24) is 5.32 Å². The van der Waals surface area contributed by atoms with Crippen LogP contribution in [-0.2, 0) is 15.9 Å². The number of ether oxygens (including phenoxy) is 2. The van der Waals surface area contributed by atoms with Crippen molar-refractivity contribution in [2.45, 2.75) is 32.6 Å². The molecular weight excluding hydrogens is 286 g/mol. The molecule has 2 aromatic carbocycles. The first kappa shape index (κ1) is 17.7. The predicted octanol–water partition coefficient (Wildman–Crippen LogP) is 3.96. The van der Waals surface area contributed by atoms with E-state index in [1.807, 2.05) is 19.9 Å². The normalized spacial score (nSPS) is 12.5. The smallest absolute Gasteiger partial charge is 0.169 e. The lowest BCUT2D eigenvalue weighted by Gasteiger charge is -2.23. The minimum absolute atomic E-state index is 0.202. The third kappa shape index (κ3) is 6.14. The Hall–Kier alpha value is -1.68. The van der Waals surface area contributed by atoms with Crippen molar-refractivity contribution in [3.8, 4) is 0 Å². The Labute approximate surface area is 139 Å². The van der Waals surface area contributed by atoms with Gasteiger partial charge < -0.3 is 14.8 Å². The highest BCUT2D eigenvalue weighted by Gasteiger charge is 2.15. The van der Waals surface area contributed by atoms with Crippen molar-refractivity contribution >= 4 is 0 Å². The quantitative estimate of drug-likeness (QED) is 0.674. The Kier molecular flexibility index (Phi) is 7.81. The topological polar surface area (TPSA) is 30.5 Å². The molecule has 0 bridgehead atoms. The summed E-state index contributed by atoms with van der Waals surface area (Å²) in [7, 11) is 0. The highest BCUT2D eigenvalue weighted by molar-refractivity contribution is 5.23. The van der Waals surface area contributed by atoms with Gasteiger partial charge in [-0.2, -0.15) is 0 Å². The summed E-state index contributed by atoms with van der Waals surface area (Å²) < 4.78 is 11.3. The zero-order valence-corrected chi connectivity index (χ0v) is 14.1. The van der Waals surface area contributed by atoms with Crippen LogP contribution in [0.15, 0.2) is 60.7 Å². The number of hydrogen-bond donors (Lipinski definition) is 1. The molecule has 0 saturated heterocycles. The van der Waals surface area contributed by atoms with Gasteiger partial charge in [0.15, 0.2) is 6.29 Å². The van der Waals surface area contributed by atoms with Gasteiger partial charge in [0.1, 0.15) is 0 Å². The maximum atomic E-state index is 5.63. The molecular formula is C20H27NO2. The molecule has 0 aliphatic carbocycles. The van der Waals surface area contributed by atoms with Crippen molar-refractivity contribution < 1.29 is 9.47 Å². The summed E-state index contributed by atoms with van der Waals surface area (Å²) in [5.41, 5.74) is 2.60. The largest absolute Gasteiger partial charge is 0.352 e. The highest BCUT2D eigenvalue weighted by Crippen LogP contribution is 2.18. The Balaban J connectivity index is 2.04. The summed E-state index contributed by atoms with van der Waals surface area (Å²) in [4.78, 5) is 0. The van der Waals surface area contributed by atoms with Gasteiger partial charge in [0.25, 0.3) is 0 Å². The molecule has 0 aliphatic heterocycles. The van der Waals surface area contributed by atoms with Crippen molar-refractivity contribution in [3.05, 3.63) is 71.8 Å². The molecule has 0 amide bonds. The highest BCUT2D eigenvalue weighted by atomic mass is 16.7. The molecule has 0 aliphatic rings. The van der Waals surface area contributed by atoms with Crippen molar-refractivity contribution in [1.29, 1.82) is 0 Å². The van der Waals surface area contributed by atoms with E-state index in [4.69, 9.17) is 9.47 Å². The van der Waals surface area contributed by atoms with E-state index in [-0.39, 0.29) is 12.3 Å². The van der Waals surface area contributed by atoms with E-state index in [1.54, 1.807) is 0 Å². The molecule has 23 heavy (non-hydrogen) atoms. The van der Waals surface area contributed by atoms with Crippen LogP contribution >= 0.6 is 0 Å². The van der Waals surface area contributed by atoms with Crippen LogP contribution in [0, 0.1) is 0 Å². The van der Waals surface area contributed by atoms with Crippen LogP contribution in [0.1, 0.15) is 31.0 Å². The Morgan fingerprint density at radius 1 is 0.826 bits per heavy atom. The first-order valence-corrected chi connectivity index (χ1v) is 8.39. The summed E-state index contributed by atoms with van der Waals surface area (Å²) >= 11 is 0. The second kappa shape index (κ2) is 10.2. The molecule has 0 spiro atoms. The first-order valence-electron chi connectivity index (χ1n) is 8.39. The molecule has 0 saturated carbocycles. The summed E-state index contributed by atoms with van der Waals surface area (Å²) in [6.07, 6.45) is 0.738. The molecule has 1 N–H and O–H groups in total. The van der Waals surface area contributed by atoms with E-state index in [0.717, 1.165) is 6.42 Å². The van der Waals surface area contributed by atoms with Gasteiger partial charge >= 0.3 is 0 Å². The molecule has 0 heterocycles. The van der Waals surface area contributed by atoms with Crippen LogP contribution in [0.4, 0.5) is 0 Å². The number of rotatable bonds is 10. The molecule has 1 atom stereocenters. The molecule has 0 aromatic heterocycles. The third-order valence-corrected chi connectivity index (χ3v) is 3.72. The lowest BCUT2D eigenvalue weighted by Crippen LogP contribution is -2.35. The summed E-state index contributed by atoms with van der Waals surface area (Å²) in [6.45, 7) is 5.96. The van der Waals surface area contributed by atoms with Gasteiger partial charge in [-0.1, -0.05) is 60.7 Å². The maximum Gasteiger partial charge on any atom is 0.169 e. The maximum absolute atomic E-state index is 5.63. The average molecular weight is 313 g/mol. The Bertz CT molecular complexity index is 524. The second-order valence-corrected chi connectivity index (χ2v) is 5.40. The van der Waals surface area contributed by atoms with Crippen molar-refractivity contribution in [3.63, 3.8) is 0 Å². The zero-order valence-electron chi connectivity index (χ0n) is 14.1. The molecule has 124 valence electrons. The van der Waals surface area contributed by atoms with Gasteiger partial charge in [-0.3, -0.25) is 0 Å². The number of benzene rings is 2. The van der Waals surface area contributed by atoms with Crippen LogP contribution in [0.3, 0.4) is 0 Å². The van der Waals surface area contributed by atoms with Gasteiger partial charge in [-0.05, 0) is 31.4 Å². The van der Waals surface area contributed by atoms with E-state index >= 15 is 0 Å². The van der Waals surface area contributed by atoms with Gasteiger partial charge in [0, 0.05) is 25.8 Å². The van der Waals surface area contributed by atoms with E-state index in [1.165, 1.54) is 11.1 Å². The lowest BCUT2D eigenvalue weighted by molar-refractivity contribution is -0.133. The Morgan fingerprint density at radius 2 is 1.39 bits per heavy atom. The minimum Gasteiger partial charge on any atom is -0.352 e. The van der Waals surface area contributed by atoms with Crippen LogP contribution in [0.2, 0.25) is 0 Å². The number of nitrogens with one attached hydrogen (secondary N) is 1. The Morgan fingerprint density at radius 3 is 1.96 bits per heavy atom.